The summed E-state index contributed by atoms with van der Waals surface area (Å²) in [5.41, 5.74) is 3.19. The van der Waals surface area contributed by atoms with Crippen LogP contribution in [0.4, 0.5) is 5.69 Å². The van der Waals surface area contributed by atoms with Gasteiger partial charge in [-0.3, -0.25) is 14.9 Å². The van der Waals surface area contributed by atoms with Gasteiger partial charge in [-0.25, -0.2) is 4.98 Å². The van der Waals surface area contributed by atoms with E-state index in [9.17, 15) is 4.79 Å². The van der Waals surface area contributed by atoms with E-state index >= 15 is 0 Å². The number of aromatic amines is 1. The number of nitrogens with zero attached hydrogens (tertiary/aromatic N) is 4. The number of aromatic nitrogens is 4. The van der Waals surface area contributed by atoms with E-state index in [1.54, 1.807) is 12.4 Å². The number of hydrogen-bond acceptors (Lipinski definition) is 7. The third kappa shape index (κ3) is 4.96. The van der Waals surface area contributed by atoms with Crippen molar-refractivity contribution < 1.29 is 9.53 Å². The Bertz CT molecular complexity index is 1450. The number of fused-ring (bicyclic) bond motifs is 1. The molecular formula is C29H29BrN6O2. The Morgan fingerprint density at radius 3 is 2.79 bits per heavy atom. The van der Waals surface area contributed by atoms with E-state index in [4.69, 9.17) is 9.72 Å². The first kappa shape index (κ1) is 24.8. The standard InChI is InChI=1S/C29H29BrN6O2/c1-36-13-9-29(10-14-36,28-32-27(34-35-28)19-7-11-31-12-8-19)33-23-4-2-3-20(15-23)25(37)16-21-18-38-26-17-22(30)5-6-24(21)26/h2-8,11-12,15,17,21,33H,9-10,13-14,16,18H2,1H3,(H,32,34,35)/t21-/m0/s1. The van der Waals surface area contributed by atoms with E-state index in [1.807, 2.05) is 54.6 Å². The van der Waals surface area contributed by atoms with Gasteiger partial charge in [-0.15, -0.1) is 0 Å². The second kappa shape index (κ2) is 10.3. The molecule has 4 aromatic rings. The molecule has 0 unspecified atom stereocenters. The van der Waals surface area contributed by atoms with Crippen LogP contribution in [-0.2, 0) is 5.54 Å². The molecule has 1 fully saturated rings. The van der Waals surface area contributed by atoms with E-state index in [0.29, 0.717) is 24.4 Å². The van der Waals surface area contributed by atoms with Crippen molar-refractivity contribution in [3.05, 3.63) is 88.4 Å². The Morgan fingerprint density at radius 1 is 1.16 bits per heavy atom. The van der Waals surface area contributed by atoms with Crippen molar-refractivity contribution in [3.63, 3.8) is 0 Å². The van der Waals surface area contributed by atoms with Gasteiger partial charge in [0.05, 0.1) is 12.1 Å². The van der Waals surface area contributed by atoms with Crippen molar-refractivity contribution in [2.75, 3.05) is 32.1 Å². The number of likely N-dealkylation sites (tertiary alicyclic amines) is 1. The van der Waals surface area contributed by atoms with Crippen molar-refractivity contribution in [3.8, 4) is 17.1 Å². The average molecular weight is 573 g/mol. The molecule has 0 bridgehead atoms. The fourth-order valence-corrected chi connectivity index (χ4v) is 5.68. The van der Waals surface area contributed by atoms with Crippen molar-refractivity contribution in [1.29, 1.82) is 0 Å². The maximum Gasteiger partial charge on any atom is 0.181 e. The number of hydrogen-bond donors (Lipinski definition) is 2. The summed E-state index contributed by atoms with van der Waals surface area (Å²) in [6.45, 7) is 2.37. The largest absolute Gasteiger partial charge is 0.493 e. The van der Waals surface area contributed by atoms with Gasteiger partial charge in [-0.2, -0.15) is 5.10 Å². The van der Waals surface area contributed by atoms with Crippen LogP contribution in [0.5, 0.6) is 5.75 Å². The zero-order valence-electron chi connectivity index (χ0n) is 21.2. The molecule has 8 nitrogen and oxygen atoms in total. The van der Waals surface area contributed by atoms with Crippen LogP contribution >= 0.6 is 15.9 Å². The number of rotatable bonds is 7. The molecule has 2 N–H and O–H groups in total. The lowest BCUT2D eigenvalue weighted by Gasteiger charge is -2.40. The number of H-pyrrole nitrogens is 1. The summed E-state index contributed by atoms with van der Waals surface area (Å²) in [7, 11) is 2.13. The number of pyridine rings is 1. The summed E-state index contributed by atoms with van der Waals surface area (Å²) in [6.07, 6.45) is 5.61. The molecule has 1 atom stereocenters. The number of ether oxygens (including phenoxy) is 1. The third-order valence-electron chi connectivity index (χ3n) is 7.57. The predicted molar refractivity (Wildman–Crippen MR) is 149 cm³/mol. The molecular weight excluding hydrogens is 544 g/mol. The van der Waals surface area contributed by atoms with Crippen LogP contribution in [0, 0.1) is 0 Å². The van der Waals surface area contributed by atoms with Crippen molar-refractivity contribution in [2.45, 2.75) is 30.7 Å². The van der Waals surface area contributed by atoms with Crippen LogP contribution in [-0.4, -0.2) is 57.6 Å². The number of anilines is 1. The summed E-state index contributed by atoms with van der Waals surface area (Å²) < 4.78 is 6.82. The molecule has 0 amide bonds. The molecule has 2 aliphatic rings. The number of nitrogens with one attached hydrogen (secondary N) is 2. The van der Waals surface area contributed by atoms with E-state index in [0.717, 1.165) is 58.8 Å². The van der Waals surface area contributed by atoms with Crippen LogP contribution in [0.15, 0.2) is 71.5 Å². The summed E-state index contributed by atoms with van der Waals surface area (Å²) >= 11 is 3.49. The Hall–Kier alpha value is -3.56. The Kier molecular flexibility index (Phi) is 6.71. The van der Waals surface area contributed by atoms with Gasteiger partial charge >= 0.3 is 0 Å². The second-order valence-corrected chi connectivity index (χ2v) is 11.1. The van der Waals surface area contributed by atoms with Gasteiger partial charge in [0.1, 0.15) is 5.75 Å². The van der Waals surface area contributed by atoms with Crippen molar-refractivity contribution in [2.24, 2.45) is 0 Å². The molecule has 0 aliphatic carbocycles. The maximum absolute atomic E-state index is 13.3. The molecule has 1 saturated heterocycles. The van der Waals surface area contributed by atoms with Gasteiger partial charge in [0, 0.05) is 64.7 Å². The average Bonchev–Trinajstić information content (AvgIpc) is 3.59. The topological polar surface area (TPSA) is 96.0 Å². The zero-order chi connectivity index (χ0) is 26.1. The van der Waals surface area contributed by atoms with E-state index < -0.39 is 5.54 Å². The maximum atomic E-state index is 13.3. The van der Waals surface area contributed by atoms with Crippen LogP contribution < -0.4 is 10.1 Å². The van der Waals surface area contributed by atoms with Gasteiger partial charge in [0.25, 0.3) is 0 Å². The van der Waals surface area contributed by atoms with Gasteiger partial charge in [-0.1, -0.05) is 34.1 Å². The molecule has 0 saturated carbocycles. The smallest absolute Gasteiger partial charge is 0.181 e. The van der Waals surface area contributed by atoms with E-state index in [2.05, 4.69) is 48.4 Å². The van der Waals surface area contributed by atoms with Crippen LogP contribution in [0.3, 0.4) is 0 Å². The minimum atomic E-state index is -0.419. The first-order valence-corrected chi connectivity index (χ1v) is 13.6. The lowest BCUT2D eigenvalue weighted by molar-refractivity contribution is 0.0969. The van der Waals surface area contributed by atoms with E-state index in [-0.39, 0.29) is 11.7 Å². The highest BCUT2D eigenvalue weighted by Crippen LogP contribution is 2.39. The summed E-state index contributed by atoms with van der Waals surface area (Å²) in [5, 5.41) is 11.5. The molecule has 2 aromatic heterocycles. The summed E-state index contributed by atoms with van der Waals surface area (Å²) in [4.78, 5) is 24.6. The lowest BCUT2D eigenvalue weighted by Crippen LogP contribution is -2.46. The van der Waals surface area contributed by atoms with Crippen molar-refractivity contribution in [1.82, 2.24) is 25.1 Å². The highest BCUT2D eigenvalue weighted by molar-refractivity contribution is 9.10. The SMILES string of the molecule is CN1CCC(Nc2cccc(C(=O)C[C@H]3COc4cc(Br)ccc43)c2)(c2nc(-c3ccncc3)n[nH]2)CC1. The van der Waals surface area contributed by atoms with Crippen LogP contribution in [0.1, 0.15) is 46.9 Å². The number of ketones is 1. The van der Waals surface area contributed by atoms with Gasteiger partial charge in [0.2, 0.25) is 0 Å². The monoisotopic (exact) mass is 572 g/mol. The summed E-state index contributed by atoms with van der Waals surface area (Å²) in [5.74, 6) is 2.48. The highest BCUT2D eigenvalue weighted by Gasteiger charge is 2.39. The first-order chi connectivity index (χ1) is 18.5. The van der Waals surface area contributed by atoms with Gasteiger partial charge in [-0.05, 0) is 56.3 Å². The predicted octanol–water partition coefficient (Wildman–Crippen LogP) is 5.41. The van der Waals surface area contributed by atoms with Gasteiger partial charge in [0.15, 0.2) is 17.4 Å². The molecule has 194 valence electrons. The number of carbonyl (C=O) groups is 1. The fourth-order valence-electron chi connectivity index (χ4n) is 5.33. The minimum Gasteiger partial charge on any atom is -0.493 e. The molecule has 4 heterocycles. The summed E-state index contributed by atoms with van der Waals surface area (Å²) in [6, 6.07) is 17.6. The van der Waals surface area contributed by atoms with Gasteiger partial charge < -0.3 is 15.0 Å². The molecule has 0 spiro atoms. The van der Waals surface area contributed by atoms with E-state index in [1.165, 1.54) is 0 Å². The van der Waals surface area contributed by atoms with Crippen LogP contribution in [0.25, 0.3) is 11.4 Å². The fraction of sp³-hybridized carbons (Fsp3) is 0.310. The number of Topliss-reactive ketones (excluding diaryl/α,β-unsaturated/α-hetero) is 1. The number of benzene rings is 2. The molecule has 6 rings (SSSR count). The van der Waals surface area contributed by atoms with Crippen LogP contribution in [0.2, 0.25) is 0 Å². The van der Waals surface area contributed by atoms with Crippen molar-refractivity contribution >= 4 is 27.4 Å². The molecule has 9 heteroatoms. The highest BCUT2D eigenvalue weighted by atomic mass is 79.9. The normalized spacial score (nSPS) is 18.5. The number of carbonyl (C=O) groups excluding carboxylic acids is 1. The number of halogens is 1. The zero-order valence-corrected chi connectivity index (χ0v) is 22.7. The first-order valence-electron chi connectivity index (χ1n) is 12.8. The molecule has 0 radical (unpaired) electrons. The molecule has 38 heavy (non-hydrogen) atoms. The Morgan fingerprint density at radius 2 is 1.97 bits per heavy atom. The second-order valence-electron chi connectivity index (χ2n) is 10.2. The lowest BCUT2D eigenvalue weighted by atomic mass is 9.86. The quantitative estimate of drug-likeness (QED) is 0.286. The minimum absolute atomic E-state index is 0.0586. The third-order valence-corrected chi connectivity index (χ3v) is 8.07. The molecule has 2 aromatic carbocycles. The number of piperidine rings is 1. The molecule has 2 aliphatic heterocycles. The Labute approximate surface area is 230 Å². The Balaban J connectivity index is 1.23.